The molecule has 0 saturated carbocycles. The molecule has 0 saturated heterocycles. The third kappa shape index (κ3) is 35.6. The van der Waals surface area contributed by atoms with Crippen molar-refractivity contribution in [2.75, 3.05) is 36.2 Å². The van der Waals surface area contributed by atoms with Gasteiger partial charge in [0.15, 0.2) is 0 Å². The van der Waals surface area contributed by atoms with E-state index in [0.717, 1.165) is 22.3 Å². The molecule has 0 radical (unpaired) electrons. The summed E-state index contributed by atoms with van der Waals surface area (Å²) >= 11 is 0. The summed E-state index contributed by atoms with van der Waals surface area (Å²) in [4.78, 5) is 121. The summed E-state index contributed by atoms with van der Waals surface area (Å²) < 4.78 is 105. The van der Waals surface area contributed by atoms with Crippen molar-refractivity contribution in [2.45, 2.75) is 198 Å². The van der Waals surface area contributed by atoms with Gasteiger partial charge in [0.2, 0.25) is 69.6 Å². The van der Waals surface area contributed by atoms with Crippen molar-refractivity contribution in [1.82, 2.24) is 45.5 Å². The van der Waals surface area contributed by atoms with Crippen molar-refractivity contribution < 1.29 is 86.4 Å². The standard InChI is InChI=1S/C26H33N3O6S.C19H36N4O6S.C11H23N3O4S.C8H18N2O3S/c1-5-36(33,34)29-25(31)23(14-16(2)3)28-24(30)17(4)27-26(32)35-15-22-20-12-8-6-10-18(20)19-11-7-9-13-21(19)22;1-7-30(28,29)23-19(27)16(8-11(2)3)22-17(25)13(6)21-18(26)15(12(4)5)9-14(24)10-20;1-5-19(17,18)14-11(16)9(6-7(2)3)13-10(15)8(4)12;1-4-14(12,13)10-8(11)7(9)5-6(2)3/h6-13,16-17,22-23H,5,14-15H2,1-4H3,(H,27,32)(H,28,30)(H,29,31);11-13,15-16H,7-10,20H2,1-6H3,(H,21,26)(H,22,25)(H,23,27);7-9H,5-6,12H2,1-4H3,(H,13,15)(H,14,16);6-7H,4-5,9H2,1-3H3,(H,10,11)/t17-,23-;13-,15-,16-;8-,9-;7-/m0000/s1. The van der Waals surface area contributed by atoms with Gasteiger partial charge in [-0.05, 0) is 126 Å². The number of amides is 9. The summed E-state index contributed by atoms with van der Waals surface area (Å²) in [7, 11) is -14.7. The fourth-order valence-corrected chi connectivity index (χ4v) is 11.4. The molecule has 1 aliphatic rings. The zero-order valence-corrected chi connectivity index (χ0v) is 63.4. The number of nitrogens with two attached hydrogens (primary N) is 3. The predicted molar refractivity (Wildman–Crippen MR) is 378 cm³/mol. The molecule has 99 heavy (non-hydrogen) atoms. The number of benzene rings is 2. The van der Waals surface area contributed by atoms with Crippen LogP contribution in [0.2, 0.25) is 0 Å². The number of ketones is 1. The number of hydrogen-bond acceptors (Lipinski definition) is 22. The fraction of sp³-hybridized carbons (Fsp3) is 0.656. The molecule has 3 rings (SSSR count). The monoisotopic (exact) mass is 1480 g/mol. The second-order valence-corrected chi connectivity index (χ2v) is 33.8. The highest BCUT2D eigenvalue weighted by Gasteiger charge is 2.34. The topological polar surface area (TPSA) is 503 Å². The Bertz CT molecular complexity index is 3450. The predicted octanol–water partition coefficient (Wildman–Crippen LogP) is 1.74. The van der Waals surface area contributed by atoms with Gasteiger partial charge in [0.25, 0.3) is 17.7 Å². The highest BCUT2D eigenvalue weighted by molar-refractivity contribution is 7.90. The van der Waals surface area contributed by atoms with Crippen LogP contribution in [0.15, 0.2) is 48.5 Å². The van der Waals surface area contributed by atoms with Crippen molar-refractivity contribution >= 4 is 99.2 Å². The maximum Gasteiger partial charge on any atom is 0.407 e. The van der Waals surface area contributed by atoms with Gasteiger partial charge in [-0.15, -0.1) is 0 Å². The molecule has 0 bridgehead atoms. The van der Waals surface area contributed by atoms with Crippen LogP contribution in [0.3, 0.4) is 0 Å². The Kier molecular flexibility index (Phi) is 40.3. The lowest BCUT2D eigenvalue weighted by molar-refractivity contribution is -0.134. The van der Waals surface area contributed by atoms with Crippen LogP contribution in [0.5, 0.6) is 0 Å². The van der Waals surface area contributed by atoms with Crippen LogP contribution in [0, 0.1) is 35.5 Å². The van der Waals surface area contributed by atoms with E-state index in [1.165, 1.54) is 48.5 Å². The Morgan fingerprint density at radius 1 is 0.424 bits per heavy atom. The number of rotatable bonds is 35. The van der Waals surface area contributed by atoms with Gasteiger partial charge in [0.1, 0.15) is 42.6 Å². The van der Waals surface area contributed by atoms with Crippen molar-refractivity contribution in [2.24, 2.45) is 52.7 Å². The van der Waals surface area contributed by atoms with E-state index in [1.807, 2.05) is 123 Å². The first-order chi connectivity index (χ1) is 45.6. The Morgan fingerprint density at radius 3 is 1.06 bits per heavy atom. The van der Waals surface area contributed by atoms with Crippen LogP contribution in [0.25, 0.3) is 11.1 Å². The molecule has 1 aliphatic carbocycles. The number of carbonyl (C=O) groups is 10. The summed E-state index contributed by atoms with van der Waals surface area (Å²) in [6, 6.07) is 9.37. The zero-order valence-electron chi connectivity index (χ0n) is 60.1. The quantitative estimate of drug-likeness (QED) is 0.0468. The van der Waals surface area contributed by atoms with Crippen LogP contribution in [0.4, 0.5) is 4.79 Å². The molecule has 0 fully saturated rings. The van der Waals surface area contributed by atoms with Crippen LogP contribution >= 0.6 is 0 Å². The summed E-state index contributed by atoms with van der Waals surface area (Å²) in [6.45, 7) is 28.5. The number of fused-ring (bicyclic) bond motifs is 3. The number of carbonyl (C=O) groups excluding carboxylic acids is 10. The first kappa shape index (κ1) is 91.8. The van der Waals surface area contributed by atoms with Gasteiger partial charge < -0.3 is 48.5 Å². The summed E-state index contributed by atoms with van der Waals surface area (Å²) in [5.41, 5.74) is 20.6. The third-order valence-corrected chi connectivity index (χ3v) is 19.8. The van der Waals surface area contributed by atoms with Crippen molar-refractivity contribution in [1.29, 1.82) is 0 Å². The number of alkyl carbamates (subject to hydrolysis) is 1. The molecule has 35 heteroatoms. The van der Waals surface area contributed by atoms with Crippen molar-refractivity contribution in [3.8, 4) is 11.1 Å². The molecule has 0 aromatic heterocycles. The van der Waals surface area contributed by atoms with E-state index < -0.39 is 142 Å². The molecule has 0 unspecified atom stereocenters. The maximum atomic E-state index is 12.7. The molecule has 2 aromatic rings. The highest BCUT2D eigenvalue weighted by Crippen LogP contribution is 2.44. The van der Waals surface area contributed by atoms with Gasteiger partial charge in [-0.1, -0.05) is 118 Å². The summed E-state index contributed by atoms with van der Waals surface area (Å²) in [5, 5.41) is 12.5. The van der Waals surface area contributed by atoms with Crippen LogP contribution in [-0.4, -0.2) is 171 Å². The first-order valence-electron chi connectivity index (χ1n) is 32.9. The van der Waals surface area contributed by atoms with Crippen LogP contribution < -0.4 is 62.7 Å². The van der Waals surface area contributed by atoms with E-state index in [2.05, 4.69) is 26.6 Å². The maximum absolute atomic E-state index is 12.7. The Balaban J connectivity index is 0.00000137. The van der Waals surface area contributed by atoms with Crippen LogP contribution in [0.1, 0.15) is 167 Å². The van der Waals surface area contributed by atoms with E-state index >= 15 is 0 Å². The lowest BCUT2D eigenvalue weighted by atomic mass is 9.89. The number of sulfonamides is 4. The average molecular weight is 1480 g/mol. The minimum atomic E-state index is -3.77. The second kappa shape index (κ2) is 43.5. The second-order valence-electron chi connectivity index (χ2n) is 25.8. The molecule has 31 nitrogen and oxygen atoms in total. The molecular formula is C64H110N12O19S4. The van der Waals surface area contributed by atoms with Crippen molar-refractivity contribution in [3.05, 3.63) is 59.7 Å². The van der Waals surface area contributed by atoms with E-state index in [4.69, 9.17) is 21.9 Å². The molecule has 15 N–H and O–H groups in total. The van der Waals surface area contributed by atoms with E-state index in [0.29, 0.717) is 12.8 Å². The molecule has 2 aromatic carbocycles. The van der Waals surface area contributed by atoms with Gasteiger partial charge in [0.05, 0.1) is 41.6 Å². The van der Waals surface area contributed by atoms with Gasteiger partial charge in [-0.3, -0.25) is 62.0 Å². The molecule has 0 heterocycles. The molecule has 0 spiro atoms. The van der Waals surface area contributed by atoms with E-state index in [9.17, 15) is 81.6 Å². The minimum absolute atomic E-state index is 0.00266. The molecule has 0 aliphatic heterocycles. The average Bonchev–Trinajstić information content (AvgIpc) is 1.62. The molecular weight excluding hydrogens is 1370 g/mol. The molecule has 9 amide bonds. The number of ether oxygens (including phenoxy) is 1. The fourth-order valence-electron chi connectivity index (χ4n) is 9.04. The normalized spacial score (nSPS) is 14.5. The minimum Gasteiger partial charge on any atom is -0.449 e. The van der Waals surface area contributed by atoms with Crippen LogP contribution in [-0.2, 0) is 88.0 Å². The highest BCUT2D eigenvalue weighted by atomic mass is 32.2. The number of Topliss-reactive ketones (excluding diaryl/α,β-unsaturated/α-hetero) is 1. The van der Waals surface area contributed by atoms with Gasteiger partial charge >= 0.3 is 6.09 Å². The lowest BCUT2D eigenvalue weighted by Gasteiger charge is -2.24. The SMILES string of the molecule is CCS(=O)(=O)NC(=O)[C@@H](N)CC(C)C.CCS(=O)(=O)NC(=O)[C@H](CC(C)C)NC(=O)[C@H](C)N.CCS(=O)(=O)NC(=O)[C@H](CC(C)C)NC(=O)[C@H](C)NC(=O)OCC1c2ccccc2-c2ccccc21.CCS(=O)(=O)NC(=O)[C@H](CC(C)C)NC(=O)[C@H](C)NC(=O)[C@@H](CC(=O)CN)C(C)C. The smallest absolute Gasteiger partial charge is 0.407 e. The number of nitrogens with one attached hydrogen (secondary N) is 9. The Labute approximate surface area is 585 Å². The van der Waals surface area contributed by atoms with E-state index in [-0.39, 0.29) is 96.7 Å². The Hall–Kier alpha value is -7.18. The first-order valence-corrected chi connectivity index (χ1v) is 39.5. The summed E-state index contributed by atoms with van der Waals surface area (Å²) in [5.74, 6) is -6.83. The van der Waals surface area contributed by atoms with Gasteiger partial charge in [-0.25, -0.2) is 38.5 Å². The van der Waals surface area contributed by atoms with Crippen molar-refractivity contribution in [3.63, 3.8) is 0 Å². The third-order valence-electron chi connectivity index (χ3n) is 14.7. The Morgan fingerprint density at radius 2 is 0.747 bits per heavy atom. The lowest BCUT2D eigenvalue weighted by Crippen LogP contribution is -2.54. The van der Waals surface area contributed by atoms with Gasteiger partial charge in [0, 0.05) is 18.3 Å². The molecule has 8 atom stereocenters. The molecule has 564 valence electrons. The largest absolute Gasteiger partial charge is 0.449 e. The number of hydrogen-bond donors (Lipinski definition) is 12. The zero-order chi connectivity index (χ0) is 76.7. The summed E-state index contributed by atoms with van der Waals surface area (Å²) in [6.07, 6.45) is 0.472. The van der Waals surface area contributed by atoms with Gasteiger partial charge in [-0.2, -0.15) is 0 Å². The van der Waals surface area contributed by atoms with E-state index in [1.54, 1.807) is 13.8 Å².